The van der Waals surface area contributed by atoms with E-state index in [1.165, 1.54) is 0 Å². The summed E-state index contributed by atoms with van der Waals surface area (Å²) in [4.78, 5) is 0. The Morgan fingerprint density at radius 1 is 1.14 bits per heavy atom. The van der Waals surface area contributed by atoms with Crippen molar-refractivity contribution in [3.05, 3.63) is 65.3 Å². The molecule has 1 fully saturated rings. The molecule has 29 heavy (non-hydrogen) atoms. The lowest BCUT2D eigenvalue weighted by Crippen LogP contribution is -2.29. The molecule has 0 amide bonds. The van der Waals surface area contributed by atoms with Crippen molar-refractivity contribution in [3.8, 4) is 22.7 Å². The van der Waals surface area contributed by atoms with Gasteiger partial charge >= 0.3 is 0 Å². The lowest BCUT2D eigenvalue weighted by molar-refractivity contribution is -0.0207. The largest absolute Gasteiger partial charge is 0.494 e. The van der Waals surface area contributed by atoms with Crippen molar-refractivity contribution in [2.45, 2.75) is 38.7 Å². The van der Waals surface area contributed by atoms with E-state index in [1.54, 1.807) is 7.11 Å². The Morgan fingerprint density at radius 2 is 1.90 bits per heavy atom. The molecule has 4 nitrogen and oxygen atoms in total. The maximum absolute atomic E-state index is 6.12. The van der Waals surface area contributed by atoms with Gasteiger partial charge < -0.3 is 9.47 Å². The molecule has 0 saturated carbocycles. The zero-order valence-corrected chi connectivity index (χ0v) is 17.9. The number of methoxy groups -OCH3 is 1. The Kier molecular flexibility index (Phi) is 5.93. The number of aromatic nitrogens is 2. The third kappa shape index (κ3) is 4.19. The minimum atomic E-state index is 0.282. The third-order valence-electron chi connectivity index (χ3n) is 5.66. The van der Waals surface area contributed by atoms with Crippen LogP contribution in [0.25, 0.3) is 16.9 Å². The first-order chi connectivity index (χ1) is 14.1. The van der Waals surface area contributed by atoms with Crippen LogP contribution in [0.15, 0.2) is 54.6 Å². The molecular weight excluding hydrogens is 384 g/mol. The van der Waals surface area contributed by atoms with Crippen molar-refractivity contribution in [2.24, 2.45) is 5.92 Å². The smallest absolute Gasteiger partial charge is 0.144 e. The summed E-state index contributed by atoms with van der Waals surface area (Å²) in [5.41, 5.74) is 4.15. The molecule has 2 aromatic carbocycles. The molecule has 1 aliphatic rings. The minimum absolute atomic E-state index is 0.282. The standard InChI is InChI=1S/C24H27ClN2O2/c1-16(2)24-14-18(12-13-29-24)20-15-22(17-8-10-19(25)11-9-17)27(26-20)21-6-4-5-7-23(21)28-3/h4-11,15-16,18,24H,12-14H2,1-3H3/t18-,24+/m0/s1. The second kappa shape index (κ2) is 8.60. The van der Waals surface area contributed by atoms with E-state index in [2.05, 4.69) is 19.9 Å². The van der Waals surface area contributed by atoms with Gasteiger partial charge in [-0.2, -0.15) is 5.10 Å². The molecule has 0 spiro atoms. The van der Waals surface area contributed by atoms with Crippen molar-refractivity contribution in [2.75, 3.05) is 13.7 Å². The predicted octanol–water partition coefficient (Wildman–Crippen LogP) is 6.12. The monoisotopic (exact) mass is 410 g/mol. The van der Waals surface area contributed by atoms with E-state index in [0.717, 1.165) is 52.9 Å². The number of benzene rings is 2. The van der Waals surface area contributed by atoms with Gasteiger partial charge in [-0.1, -0.05) is 49.7 Å². The molecule has 0 N–H and O–H groups in total. The molecule has 0 radical (unpaired) electrons. The van der Waals surface area contributed by atoms with Crippen molar-refractivity contribution in [1.82, 2.24) is 9.78 Å². The van der Waals surface area contributed by atoms with Crippen LogP contribution in [0.5, 0.6) is 5.75 Å². The van der Waals surface area contributed by atoms with Crippen LogP contribution in [-0.2, 0) is 4.74 Å². The normalized spacial score (nSPS) is 19.5. The van der Waals surface area contributed by atoms with Crippen LogP contribution in [-0.4, -0.2) is 29.6 Å². The summed E-state index contributed by atoms with van der Waals surface area (Å²) in [5.74, 6) is 1.69. The average molecular weight is 411 g/mol. The lowest BCUT2D eigenvalue weighted by Gasteiger charge is -2.31. The van der Waals surface area contributed by atoms with Crippen molar-refractivity contribution >= 4 is 11.6 Å². The number of nitrogens with zero attached hydrogens (tertiary/aromatic N) is 2. The molecule has 1 aliphatic heterocycles. The molecule has 3 aromatic rings. The van der Waals surface area contributed by atoms with Crippen LogP contribution in [0.2, 0.25) is 5.02 Å². The summed E-state index contributed by atoms with van der Waals surface area (Å²) in [7, 11) is 1.69. The van der Waals surface area contributed by atoms with E-state index in [-0.39, 0.29) is 6.10 Å². The zero-order chi connectivity index (χ0) is 20.4. The minimum Gasteiger partial charge on any atom is -0.494 e. The van der Waals surface area contributed by atoms with Gasteiger partial charge in [0.25, 0.3) is 0 Å². The van der Waals surface area contributed by atoms with E-state index >= 15 is 0 Å². The molecule has 1 aromatic heterocycles. The topological polar surface area (TPSA) is 36.3 Å². The Morgan fingerprint density at radius 3 is 2.62 bits per heavy atom. The number of halogens is 1. The van der Waals surface area contributed by atoms with Crippen LogP contribution in [0.3, 0.4) is 0 Å². The van der Waals surface area contributed by atoms with Gasteiger partial charge in [0.05, 0.1) is 24.6 Å². The molecule has 0 aliphatic carbocycles. The Hall–Kier alpha value is -2.30. The summed E-state index contributed by atoms with van der Waals surface area (Å²) in [6, 6.07) is 18.1. The Labute approximate surface area is 177 Å². The predicted molar refractivity (Wildman–Crippen MR) is 117 cm³/mol. The number of hydrogen-bond donors (Lipinski definition) is 0. The van der Waals surface area contributed by atoms with E-state index in [4.69, 9.17) is 26.2 Å². The van der Waals surface area contributed by atoms with Gasteiger partial charge in [0.1, 0.15) is 11.4 Å². The van der Waals surface area contributed by atoms with Crippen LogP contribution in [0, 0.1) is 5.92 Å². The Balaban J connectivity index is 1.80. The number of hydrogen-bond acceptors (Lipinski definition) is 3. The maximum Gasteiger partial charge on any atom is 0.144 e. The molecule has 2 heterocycles. The van der Waals surface area contributed by atoms with E-state index in [0.29, 0.717) is 11.8 Å². The van der Waals surface area contributed by atoms with Gasteiger partial charge in [0.2, 0.25) is 0 Å². The van der Waals surface area contributed by atoms with Crippen molar-refractivity contribution in [1.29, 1.82) is 0 Å². The molecule has 4 rings (SSSR count). The fraction of sp³-hybridized carbons (Fsp3) is 0.375. The van der Waals surface area contributed by atoms with Crippen LogP contribution in [0.1, 0.15) is 38.3 Å². The van der Waals surface area contributed by atoms with Crippen molar-refractivity contribution < 1.29 is 9.47 Å². The number of rotatable bonds is 5. The highest BCUT2D eigenvalue weighted by Gasteiger charge is 2.28. The molecule has 0 bridgehead atoms. The summed E-state index contributed by atoms with van der Waals surface area (Å²) in [5, 5.41) is 5.78. The van der Waals surface area contributed by atoms with Gasteiger partial charge in [-0.3, -0.25) is 0 Å². The van der Waals surface area contributed by atoms with Gasteiger partial charge in [0.15, 0.2) is 0 Å². The van der Waals surface area contributed by atoms with Crippen LogP contribution < -0.4 is 4.74 Å². The first-order valence-corrected chi connectivity index (χ1v) is 10.6. The second-order valence-corrected chi connectivity index (χ2v) is 8.36. The third-order valence-corrected chi connectivity index (χ3v) is 5.91. The molecule has 152 valence electrons. The summed E-state index contributed by atoms with van der Waals surface area (Å²) in [6.45, 7) is 5.23. The molecule has 5 heteroatoms. The number of para-hydroxylation sites is 2. The fourth-order valence-electron chi connectivity index (χ4n) is 3.97. The molecule has 0 unspecified atom stereocenters. The first kappa shape index (κ1) is 20.0. The van der Waals surface area contributed by atoms with E-state index in [1.807, 2.05) is 53.2 Å². The van der Waals surface area contributed by atoms with Crippen LogP contribution in [0.4, 0.5) is 0 Å². The lowest BCUT2D eigenvalue weighted by atomic mass is 9.88. The number of ether oxygens (including phenoxy) is 2. The quantitative estimate of drug-likeness (QED) is 0.508. The molecular formula is C24H27ClN2O2. The van der Waals surface area contributed by atoms with E-state index < -0.39 is 0 Å². The highest BCUT2D eigenvalue weighted by Crippen LogP contribution is 2.36. The zero-order valence-electron chi connectivity index (χ0n) is 17.1. The van der Waals surface area contributed by atoms with Crippen molar-refractivity contribution in [3.63, 3.8) is 0 Å². The summed E-state index contributed by atoms with van der Waals surface area (Å²) >= 11 is 6.12. The van der Waals surface area contributed by atoms with Crippen LogP contribution >= 0.6 is 11.6 Å². The Bertz CT molecular complexity index is 965. The van der Waals surface area contributed by atoms with Gasteiger partial charge in [-0.25, -0.2) is 4.68 Å². The van der Waals surface area contributed by atoms with Gasteiger partial charge in [0, 0.05) is 23.1 Å². The average Bonchev–Trinajstić information content (AvgIpc) is 3.19. The summed E-state index contributed by atoms with van der Waals surface area (Å²) < 4.78 is 13.6. The highest BCUT2D eigenvalue weighted by atomic mass is 35.5. The molecule has 1 saturated heterocycles. The first-order valence-electron chi connectivity index (χ1n) is 10.2. The molecule has 2 atom stereocenters. The fourth-order valence-corrected chi connectivity index (χ4v) is 4.10. The van der Waals surface area contributed by atoms with E-state index in [9.17, 15) is 0 Å². The highest BCUT2D eigenvalue weighted by molar-refractivity contribution is 6.30. The second-order valence-electron chi connectivity index (χ2n) is 7.92. The SMILES string of the molecule is COc1ccccc1-n1nc([C@H]2CCO[C@@H](C(C)C)C2)cc1-c1ccc(Cl)cc1. The maximum atomic E-state index is 6.12. The summed E-state index contributed by atoms with van der Waals surface area (Å²) in [6.07, 6.45) is 2.27. The van der Waals surface area contributed by atoms with Gasteiger partial charge in [-0.05, 0) is 49.1 Å². The van der Waals surface area contributed by atoms with Gasteiger partial charge in [-0.15, -0.1) is 0 Å².